The molecule has 1 nitrogen and oxygen atoms in total. The zero-order valence-corrected chi connectivity index (χ0v) is 9.31. The summed E-state index contributed by atoms with van der Waals surface area (Å²) >= 11 is 0. The standard InChI is InChI=1S/C12H25N/c1-3-11(2)10-13-9-8-12-6-4-5-7-12/h11-13H,3-10H2,1-2H3. The van der Waals surface area contributed by atoms with Gasteiger partial charge in [0.1, 0.15) is 0 Å². The lowest BCUT2D eigenvalue weighted by molar-refractivity contribution is 0.444. The molecule has 78 valence electrons. The number of nitrogens with one attached hydrogen (secondary N) is 1. The van der Waals surface area contributed by atoms with Crippen molar-refractivity contribution in [3.63, 3.8) is 0 Å². The van der Waals surface area contributed by atoms with Gasteiger partial charge >= 0.3 is 0 Å². The fourth-order valence-corrected chi connectivity index (χ4v) is 2.10. The normalized spacial score (nSPS) is 20.8. The monoisotopic (exact) mass is 183 g/mol. The molecular weight excluding hydrogens is 158 g/mol. The first kappa shape index (κ1) is 11.0. The molecule has 1 atom stereocenters. The van der Waals surface area contributed by atoms with Gasteiger partial charge in [0.25, 0.3) is 0 Å². The predicted molar refractivity (Wildman–Crippen MR) is 58.9 cm³/mol. The van der Waals surface area contributed by atoms with E-state index in [4.69, 9.17) is 0 Å². The van der Waals surface area contributed by atoms with E-state index in [2.05, 4.69) is 19.2 Å². The highest BCUT2D eigenvalue weighted by Crippen LogP contribution is 2.26. The topological polar surface area (TPSA) is 12.0 Å². The van der Waals surface area contributed by atoms with Crippen LogP contribution in [0.1, 0.15) is 52.4 Å². The molecule has 1 aliphatic carbocycles. The predicted octanol–water partition coefficient (Wildman–Crippen LogP) is 3.20. The van der Waals surface area contributed by atoms with Gasteiger partial charge in [0.05, 0.1) is 0 Å². The van der Waals surface area contributed by atoms with Crippen molar-refractivity contribution in [2.45, 2.75) is 52.4 Å². The third kappa shape index (κ3) is 4.66. The van der Waals surface area contributed by atoms with Crippen LogP contribution in [0, 0.1) is 11.8 Å². The van der Waals surface area contributed by atoms with Crippen LogP contribution in [0.15, 0.2) is 0 Å². The Bertz CT molecular complexity index is 116. The Morgan fingerprint density at radius 3 is 2.62 bits per heavy atom. The quantitative estimate of drug-likeness (QED) is 0.624. The maximum absolute atomic E-state index is 3.56. The van der Waals surface area contributed by atoms with E-state index >= 15 is 0 Å². The lowest BCUT2D eigenvalue weighted by Crippen LogP contribution is -2.23. The first-order chi connectivity index (χ1) is 6.33. The van der Waals surface area contributed by atoms with Gasteiger partial charge in [-0.2, -0.15) is 0 Å². The van der Waals surface area contributed by atoms with E-state index in [9.17, 15) is 0 Å². The van der Waals surface area contributed by atoms with Crippen molar-refractivity contribution in [2.75, 3.05) is 13.1 Å². The van der Waals surface area contributed by atoms with Crippen molar-refractivity contribution >= 4 is 0 Å². The molecule has 13 heavy (non-hydrogen) atoms. The lowest BCUT2D eigenvalue weighted by atomic mass is 10.0. The van der Waals surface area contributed by atoms with Crippen molar-refractivity contribution in [2.24, 2.45) is 11.8 Å². The van der Waals surface area contributed by atoms with E-state index in [1.807, 2.05) is 0 Å². The molecule has 0 saturated heterocycles. The lowest BCUT2D eigenvalue weighted by Gasteiger charge is -2.12. The summed E-state index contributed by atoms with van der Waals surface area (Å²) < 4.78 is 0. The van der Waals surface area contributed by atoms with Crippen molar-refractivity contribution in [3.8, 4) is 0 Å². The largest absolute Gasteiger partial charge is 0.316 e. The Balaban J connectivity index is 1.88. The van der Waals surface area contributed by atoms with Crippen molar-refractivity contribution in [1.82, 2.24) is 5.32 Å². The van der Waals surface area contributed by atoms with Crippen LogP contribution in [0.4, 0.5) is 0 Å². The first-order valence-electron chi connectivity index (χ1n) is 6.03. The third-order valence-corrected chi connectivity index (χ3v) is 3.39. The number of hydrogen-bond acceptors (Lipinski definition) is 1. The van der Waals surface area contributed by atoms with Gasteiger partial charge in [-0.05, 0) is 31.3 Å². The second kappa shape index (κ2) is 6.42. The highest BCUT2D eigenvalue weighted by molar-refractivity contribution is 4.68. The van der Waals surface area contributed by atoms with Crippen LogP contribution in [0.3, 0.4) is 0 Å². The Morgan fingerprint density at radius 1 is 1.31 bits per heavy atom. The van der Waals surface area contributed by atoms with Crippen molar-refractivity contribution in [1.29, 1.82) is 0 Å². The molecule has 1 rings (SSSR count). The molecular formula is C12H25N. The van der Waals surface area contributed by atoms with Gasteiger partial charge in [-0.1, -0.05) is 46.0 Å². The second-order valence-electron chi connectivity index (χ2n) is 4.66. The zero-order valence-electron chi connectivity index (χ0n) is 9.31. The van der Waals surface area contributed by atoms with Gasteiger partial charge < -0.3 is 5.32 Å². The van der Waals surface area contributed by atoms with E-state index in [0.29, 0.717) is 0 Å². The Labute approximate surface area is 83.3 Å². The average molecular weight is 183 g/mol. The molecule has 0 heterocycles. The van der Waals surface area contributed by atoms with E-state index in [-0.39, 0.29) is 0 Å². The highest BCUT2D eigenvalue weighted by atomic mass is 14.8. The van der Waals surface area contributed by atoms with Crippen LogP contribution in [0.25, 0.3) is 0 Å². The minimum Gasteiger partial charge on any atom is -0.316 e. The van der Waals surface area contributed by atoms with Crippen LogP contribution >= 0.6 is 0 Å². The van der Waals surface area contributed by atoms with Gasteiger partial charge in [0, 0.05) is 0 Å². The fraction of sp³-hybridized carbons (Fsp3) is 1.00. The molecule has 0 aromatic rings. The fourth-order valence-electron chi connectivity index (χ4n) is 2.10. The minimum atomic E-state index is 0.851. The maximum Gasteiger partial charge on any atom is -0.00233 e. The average Bonchev–Trinajstić information content (AvgIpc) is 2.64. The van der Waals surface area contributed by atoms with Crippen LogP contribution < -0.4 is 5.32 Å². The molecule has 1 saturated carbocycles. The van der Waals surface area contributed by atoms with Gasteiger partial charge in [-0.25, -0.2) is 0 Å². The first-order valence-corrected chi connectivity index (χ1v) is 6.03. The molecule has 0 bridgehead atoms. The zero-order chi connectivity index (χ0) is 9.52. The van der Waals surface area contributed by atoms with Crippen molar-refractivity contribution in [3.05, 3.63) is 0 Å². The van der Waals surface area contributed by atoms with Crippen LogP contribution in [0.2, 0.25) is 0 Å². The van der Waals surface area contributed by atoms with Gasteiger partial charge in [-0.3, -0.25) is 0 Å². The molecule has 0 spiro atoms. The summed E-state index contributed by atoms with van der Waals surface area (Å²) in [7, 11) is 0. The Hall–Kier alpha value is -0.0400. The second-order valence-corrected chi connectivity index (χ2v) is 4.66. The molecule has 0 aliphatic heterocycles. The SMILES string of the molecule is CCC(C)CNCCC1CCCC1. The summed E-state index contributed by atoms with van der Waals surface area (Å²) in [6, 6.07) is 0. The Morgan fingerprint density at radius 2 is 2.00 bits per heavy atom. The maximum atomic E-state index is 3.56. The summed E-state index contributed by atoms with van der Waals surface area (Å²) in [5.41, 5.74) is 0. The summed E-state index contributed by atoms with van der Waals surface area (Å²) in [5.74, 6) is 1.90. The smallest absolute Gasteiger partial charge is 0.00233 e. The molecule has 1 unspecified atom stereocenters. The van der Waals surface area contributed by atoms with Crippen LogP contribution in [-0.2, 0) is 0 Å². The number of rotatable bonds is 6. The molecule has 1 heteroatoms. The molecule has 0 amide bonds. The molecule has 0 aromatic carbocycles. The summed E-state index contributed by atoms with van der Waals surface area (Å²) in [6.45, 7) is 7.05. The van der Waals surface area contributed by atoms with Crippen LogP contribution in [-0.4, -0.2) is 13.1 Å². The van der Waals surface area contributed by atoms with Gasteiger partial charge in [0.15, 0.2) is 0 Å². The molecule has 0 aromatic heterocycles. The summed E-state index contributed by atoms with van der Waals surface area (Å²) in [6.07, 6.45) is 8.66. The number of hydrogen-bond donors (Lipinski definition) is 1. The van der Waals surface area contributed by atoms with Crippen LogP contribution in [0.5, 0.6) is 0 Å². The van der Waals surface area contributed by atoms with E-state index in [1.165, 1.54) is 51.6 Å². The Kier molecular flexibility index (Phi) is 5.45. The molecule has 1 aliphatic rings. The molecule has 1 fully saturated rings. The highest BCUT2D eigenvalue weighted by Gasteiger charge is 2.13. The molecule has 1 N–H and O–H groups in total. The van der Waals surface area contributed by atoms with Crippen molar-refractivity contribution < 1.29 is 0 Å². The van der Waals surface area contributed by atoms with E-state index in [1.54, 1.807) is 0 Å². The van der Waals surface area contributed by atoms with E-state index in [0.717, 1.165) is 11.8 Å². The van der Waals surface area contributed by atoms with E-state index < -0.39 is 0 Å². The third-order valence-electron chi connectivity index (χ3n) is 3.39. The summed E-state index contributed by atoms with van der Waals surface area (Å²) in [4.78, 5) is 0. The molecule has 0 radical (unpaired) electrons. The van der Waals surface area contributed by atoms with Gasteiger partial charge in [0.2, 0.25) is 0 Å². The van der Waals surface area contributed by atoms with Gasteiger partial charge in [-0.15, -0.1) is 0 Å². The minimum absolute atomic E-state index is 0.851. The summed E-state index contributed by atoms with van der Waals surface area (Å²) in [5, 5.41) is 3.56.